The number of hydrogen-bond acceptors (Lipinski definition) is 4. The topological polar surface area (TPSA) is 30.2 Å². The van der Waals surface area contributed by atoms with E-state index in [0.29, 0.717) is 11.0 Å². The fourth-order valence-electron chi connectivity index (χ4n) is 1.74. The summed E-state index contributed by atoms with van der Waals surface area (Å²) in [5, 5.41) is 0.467. The minimum atomic E-state index is 0.0474. The van der Waals surface area contributed by atoms with E-state index in [1.165, 1.54) is 0 Å². The summed E-state index contributed by atoms with van der Waals surface area (Å²) >= 11 is 7.01. The van der Waals surface area contributed by atoms with Gasteiger partial charge in [-0.05, 0) is 28.4 Å². The highest BCUT2D eigenvalue weighted by atomic mass is 79.9. The van der Waals surface area contributed by atoms with Crippen LogP contribution in [0.3, 0.4) is 0 Å². The van der Waals surface area contributed by atoms with Crippen molar-refractivity contribution < 1.29 is 9.21 Å². The quantitative estimate of drug-likeness (QED) is 0.791. The summed E-state index contributed by atoms with van der Waals surface area (Å²) in [6.45, 7) is 2.14. The third-order valence-corrected chi connectivity index (χ3v) is 6.42. The van der Waals surface area contributed by atoms with Crippen molar-refractivity contribution in [3.63, 3.8) is 0 Å². The monoisotopic (exact) mass is 320 g/mol. The number of halogens is 1. The standard InChI is InChI=1S/C11H13BrO2S2/c1-2-8-11(16-6-5-15-8)9(13)10-7(12)3-4-14-10/h3-4,8,11H,2,5-6H2,1H3. The molecule has 1 aliphatic rings. The molecule has 0 aromatic carbocycles. The van der Waals surface area contributed by atoms with E-state index in [4.69, 9.17) is 4.42 Å². The molecular weight excluding hydrogens is 308 g/mol. The van der Waals surface area contributed by atoms with E-state index in [-0.39, 0.29) is 11.0 Å². The van der Waals surface area contributed by atoms with E-state index in [1.54, 1.807) is 24.1 Å². The van der Waals surface area contributed by atoms with Crippen molar-refractivity contribution in [2.45, 2.75) is 23.8 Å². The molecule has 1 aliphatic heterocycles. The van der Waals surface area contributed by atoms with Crippen LogP contribution in [0.5, 0.6) is 0 Å². The summed E-state index contributed by atoms with van der Waals surface area (Å²) < 4.78 is 6.02. The first kappa shape index (κ1) is 12.6. The lowest BCUT2D eigenvalue weighted by atomic mass is 10.1. The molecule has 0 bridgehead atoms. The number of hydrogen-bond donors (Lipinski definition) is 0. The van der Waals surface area contributed by atoms with Crippen LogP contribution >= 0.6 is 39.5 Å². The Morgan fingerprint density at radius 3 is 2.94 bits per heavy atom. The Morgan fingerprint density at radius 2 is 2.31 bits per heavy atom. The summed E-state index contributed by atoms with van der Waals surface area (Å²) in [6.07, 6.45) is 2.59. The molecule has 0 amide bonds. The molecule has 16 heavy (non-hydrogen) atoms. The van der Waals surface area contributed by atoms with E-state index in [9.17, 15) is 4.79 Å². The second-order valence-corrected chi connectivity index (χ2v) is 7.02. The molecule has 1 aromatic rings. The van der Waals surface area contributed by atoms with Gasteiger partial charge in [0.1, 0.15) is 0 Å². The molecule has 2 rings (SSSR count). The molecule has 0 N–H and O–H groups in total. The highest BCUT2D eigenvalue weighted by molar-refractivity contribution is 9.10. The van der Waals surface area contributed by atoms with Gasteiger partial charge in [0.05, 0.1) is 16.0 Å². The Kier molecular flexibility index (Phi) is 4.44. The maximum Gasteiger partial charge on any atom is 0.213 e. The lowest BCUT2D eigenvalue weighted by molar-refractivity contribution is 0.0960. The SMILES string of the molecule is CCC1SCCSC1C(=O)c1occc1Br. The third kappa shape index (κ3) is 2.51. The molecule has 0 spiro atoms. The summed E-state index contributed by atoms with van der Waals surface area (Å²) in [5.41, 5.74) is 0. The number of thioether (sulfide) groups is 2. The van der Waals surface area contributed by atoms with Crippen LogP contribution < -0.4 is 0 Å². The highest BCUT2D eigenvalue weighted by Gasteiger charge is 2.33. The van der Waals surface area contributed by atoms with E-state index in [1.807, 2.05) is 11.8 Å². The van der Waals surface area contributed by atoms with Crippen molar-refractivity contribution in [2.24, 2.45) is 0 Å². The molecular formula is C11H13BrO2S2. The molecule has 5 heteroatoms. The Balaban J connectivity index is 2.17. The van der Waals surface area contributed by atoms with Crippen LogP contribution in [0.4, 0.5) is 0 Å². The zero-order valence-electron chi connectivity index (χ0n) is 8.94. The van der Waals surface area contributed by atoms with Crippen molar-refractivity contribution in [1.82, 2.24) is 0 Å². The minimum Gasteiger partial charge on any atom is -0.460 e. The van der Waals surface area contributed by atoms with Crippen LogP contribution in [0.15, 0.2) is 21.2 Å². The molecule has 2 nitrogen and oxygen atoms in total. The lowest BCUT2D eigenvalue weighted by Gasteiger charge is -2.28. The Morgan fingerprint density at radius 1 is 1.56 bits per heavy atom. The second-order valence-electron chi connectivity index (χ2n) is 3.57. The normalized spacial score (nSPS) is 25.6. The predicted molar refractivity (Wildman–Crippen MR) is 73.5 cm³/mol. The second kappa shape index (κ2) is 5.65. The maximum atomic E-state index is 12.3. The highest BCUT2D eigenvalue weighted by Crippen LogP contribution is 2.36. The summed E-state index contributed by atoms with van der Waals surface area (Å²) in [4.78, 5) is 12.3. The molecule has 0 saturated carbocycles. The van der Waals surface area contributed by atoms with Crippen molar-refractivity contribution in [2.75, 3.05) is 11.5 Å². The number of carbonyl (C=O) groups excluding carboxylic acids is 1. The predicted octanol–water partition coefficient (Wildman–Crippen LogP) is 3.85. The van der Waals surface area contributed by atoms with Gasteiger partial charge in [-0.2, -0.15) is 11.8 Å². The molecule has 0 radical (unpaired) electrons. The van der Waals surface area contributed by atoms with Gasteiger partial charge >= 0.3 is 0 Å². The Bertz CT molecular complexity index is 378. The molecule has 2 unspecified atom stereocenters. The average molecular weight is 321 g/mol. The van der Waals surface area contributed by atoms with Gasteiger partial charge in [0.2, 0.25) is 5.78 Å². The van der Waals surface area contributed by atoms with Crippen LogP contribution in [0.1, 0.15) is 23.9 Å². The zero-order valence-corrected chi connectivity index (χ0v) is 12.2. The first-order valence-corrected chi connectivity index (χ1v) is 8.13. The maximum absolute atomic E-state index is 12.3. The number of Topliss-reactive ketones (excluding diaryl/α,β-unsaturated/α-hetero) is 1. The van der Waals surface area contributed by atoms with Gasteiger partial charge < -0.3 is 4.42 Å². The summed E-state index contributed by atoms with van der Waals surface area (Å²) in [7, 11) is 0. The minimum absolute atomic E-state index is 0.0474. The molecule has 88 valence electrons. The van der Waals surface area contributed by atoms with Crippen LogP contribution in [0, 0.1) is 0 Å². The van der Waals surface area contributed by atoms with E-state index >= 15 is 0 Å². The van der Waals surface area contributed by atoms with Crippen LogP contribution in [-0.2, 0) is 0 Å². The van der Waals surface area contributed by atoms with Crippen molar-refractivity contribution >= 4 is 45.2 Å². The molecule has 2 heterocycles. The fourth-order valence-corrected chi connectivity index (χ4v) is 5.14. The summed E-state index contributed by atoms with van der Waals surface area (Å²) in [6, 6.07) is 1.77. The van der Waals surface area contributed by atoms with Gasteiger partial charge in [0.15, 0.2) is 5.76 Å². The van der Waals surface area contributed by atoms with E-state index in [2.05, 4.69) is 22.9 Å². The summed E-state index contributed by atoms with van der Waals surface area (Å²) in [5.74, 6) is 2.79. The smallest absolute Gasteiger partial charge is 0.213 e. The number of rotatable bonds is 3. The van der Waals surface area contributed by atoms with Gasteiger partial charge in [-0.1, -0.05) is 6.92 Å². The van der Waals surface area contributed by atoms with Crippen molar-refractivity contribution in [3.05, 3.63) is 22.6 Å². The van der Waals surface area contributed by atoms with Crippen LogP contribution in [0.2, 0.25) is 0 Å². The zero-order chi connectivity index (χ0) is 11.5. The average Bonchev–Trinajstić information content (AvgIpc) is 2.74. The number of furan rings is 1. The van der Waals surface area contributed by atoms with E-state index in [0.717, 1.165) is 22.4 Å². The molecule has 1 saturated heterocycles. The van der Waals surface area contributed by atoms with Gasteiger partial charge in [0.25, 0.3) is 0 Å². The first-order valence-electron chi connectivity index (χ1n) is 5.24. The molecule has 1 fully saturated rings. The molecule has 1 aromatic heterocycles. The van der Waals surface area contributed by atoms with Crippen LogP contribution in [0.25, 0.3) is 0 Å². The number of ketones is 1. The van der Waals surface area contributed by atoms with Gasteiger partial charge in [-0.3, -0.25) is 4.79 Å². The van der Waals surface area contributed by atoms with Crippen molar-refractivity contribution in [3.8, 4) is 0 Å². The first-order chi connectivity index (χ1) is 7.74. The molecule has 2 atom stereocenters. The van der Waals surface area contributed by atoms with E-state index < -0.39 is 0 Å². The Hall–Kier alpha value is 0.130. The number of carbonyl (C=O) groups is 1. The van der Waals surface area contributed by atoms with Crippen LogP contribution in [-0.4, -0.2) is 27.8 Å². The third-order valence-electron chi connectivity index (χ3n) is 2.55. The fraction of sp³-hybridized carbons (Fsp3) is 0.545. The Labute approximate surface area is 112 Å². The lowest BCUT2D eigenvalue weighted by Crippen LogP contribution is -2.32. The van der Waals surface area contributed by atoms with Gasteiger partial charge in [-0.25, -0.2) is 0 Å². The largest absolute Gasteiger partial charge is 0.460 e. The molecule has 0 aliphatic carbocycles. The van der Waals surface area contributed by atoms with Crippen molar-refractivity contribution in [1.29, 1.82) is 0 Å². The van der Waals surface area contributed by atoms with Gasteiger partial charge in [0, 0.05) is 16.8 Å². The van der Waals surface area contributed by atoms with Gasteiger partial charge in [-0.15, -0.1) is 11.8 Å².